The number of nitrogens with two attached hydrogens (primary N) is 1. The third kappa shape index (κ3) is 3.04. The monoisotopic (exact) mass is 310 g/mol. The second-order valence-corrected chi connectivity index (χ2v) is 7.57. The number of hydrogen-bond acceptors (Lipinski definition) is 3. The third-order valence-corrected chi connectivity index (χ3v) is 6.28. The first-order chi connectivity index (χ1) is 9.55. The maximum atomic E-state index is 12.0. The Kier molecular flexibility index (Phi) is 5.02. The number of hydrogen-bond donors (Lipinski definition) is 3. The Bertz CT molecular complexity index is 610. The predicted molar refractivity (Wildman–Crippen MR) is 82.6 cm³/mol. The fourth-order valence-corrected chi connectivity index (χ4v) is 4.16. The van der Waals surface area contributed by atoms with E-state index in [1.165, 1.54) is 0 Å². The number of nitriles is 1. The van der Waals surface area contributed by atoms with E-state index in [1.54, 1.807) is 45.9 Å². The van der Waals surface area contributed by atoms with Crippen LogP contribution in [0.3, 0.4) is 0 Å². The molecule has 0 aliphatic carbocycles. The van der Waals surface area contributed by atoms with Crippen LogP contribution < -0.4 is 5.73 Å². The molecule has 0 saturated heterocycles. The normalized spacial score (nSPS) is 15.3. The molecule has 0 fully saturated rings. The summed E-state index contributed by atoms with van der Waals surface area (Å²) in [5.41, 5.74) is 6.79. The zero-order chi connectivity index (χ0) is 16.5. The van der Waals surface area contributed by atoms with Gasteiger partial charge in [-0.1, -0.05) is 32.0 Å². The molecule has 0 aliphatic heterocycles. The number of nitrogens with zero attached hydrogens (tertiary/aromatic N) is 1. The highest BCUT2D eigenvalue weighted by Crippen LogP contribution is 2.61. The average Bonchev–Trinajstić information content (AvgIpc) is 2.40. The largest absolute Gasteiger partial charge is 0.335 e. The molecule has 21 heavy (non-hydrogen) atoms. The van der Waals surface area contributed by atoms with Crippen LogP contribution in [0.4, 0.5) is 0 Å². The highest BCUT2D eigenvalue weighted by atomic mass is 31.2. The molecule has 0 heterocycles. The first-order valence-corrected chi connectivity index (χ1v) is 8.54. The summed E-state index contributed by atoms with van der Waals surface area (Å²) in [7, 11) is -4.31. The van der Waals surface area contributed by atoms with Crippen molar-refractivity contribution in [3.8, 4) is 6.07 Å². The van der Waals surface area contributed by atoms with Gasteiger partial charge in [0.15, 0.2) is 0 Å². The average molecular weight is 310 g/mol. The van der Waals surface area contributed by atoms with Crippen molar-refractivity contribution in [1.29, 1.82) is 5.26 Å². The van der Waals surface area contributed by atoms with Gasteiger partial charge in [0.25, 0.3) is 0 Å². The molecular weight excluding hydrogens is 287 g/mol. The topological polar surface area (TPSA) is 107 Å². The van der Waals surface area contributed by atoms with Crippen molar-refractivity contribution in [2.75, 3.05) is 0 Å². The third-order valence-electron chi connectivity index (χ3n) is 4.29. The van der Waals surface area contributed by atoms with Crippen LogP contribution in [-0.4, -0.2) is 9.79 Å². The minimum absolute atomic E-state index is 0.339. The van der Waals surface area contributed by atoms with Crippen molar-refractivity contribution < 1.29 is 14.4 Å². The van der Waals surface area contributed by atoms with Crippen LogP contribution in [0.5, 0.6) is 0 Å². The molecule has 1 aromatic rings. The maximum absolute atomic E-state index is 12.0. The minimum Gasteiger partial charge on any atom is -0.324 e. The van der Waals surface area contributed by atoms with Gasteiger partial charge in [-0.2, -0.15) is 5.26 Å². The van der Waals surface area contributed by atoms with E-state index < -0.39 is 18.3 Å². The van der Waals surface area contributed by atoms with Gasteiger partial charge in [0, 0.05) is 0 Å². The lowest BCUT2D eigenvalue weighted by Gasteiger charge is -2.34. The van der Waals surface area contributed by atoms with Gasteiger partial charge in [-0.25, -0.2) is 0 Å². The summed E-state index contributed by atoms with van der Waals surface area (Å²) in [6.45, 7) is 6.95. The predicted octanol–water partition coefficient (Wildman–Crippen LogP) is 2.89. The highest BCUT2D eigenvalue weighted by molar-refractivity contribution is 7.53. The fraction of sp³-hybridized carbons (Fsp3) is 0.533. The summed E-state index contributed by atoms with van der Waals surface area (Å²) < 4.78 is 12.0. The number of benzene rings is 1. The van der Waals surface area contributed by atoms with Gasteiger partial charge in [-0.3, -0.25) is 4.57 Å². The van der Waals surface area contributed by atoms with E-state index in [2.05, 4.69) is 0 Å². The van der Waals surface area contributed by atoms with Gasteiger partial charge in [-0.15, -0.1) is 0 Å². The van der Waals surface area contributed by atoms with Crippen LogP contribution in [0.2, 0.25) is 0 Å². The van der Waals surface area contributed by atoms with E-state index in [9.17, 15) is 14.4 Å². The van der Waals surface area contributed by atoms with E-state index in [1.807, 2.05) is 6.07 Å². The van der Waals surface area contributed by atoms with Crippen LogP contribution in [0.15, 0.2) is 18.2 Å². The van der Waals surface area contributed by atoms with E-state index in [0.717, 1.165) is 5.56 Å². The van der Waals surface area contributed by atoms with E-state index >= 15 is 0 Å². The summed E-state index contributed by atoms with van der Waals surface area (Å²) in [6.07, 6.45) is 0.679. The molecule has 1 aromatic carbocycles. The smallest absolute Gasteiger partial charge is 0.324 e. The second kappa shape index (κ2) is 5.90. The van der Waals surface area contributed by atoms with E-state index in [4.69, 9.17) is 11.0 Å². The molecule has 0 aromatic heterocycles. The van der Waals surface area contributed by atoms with E-state index in [0.29, 0.717) is 24.0 Å². The van der Waals surface area contributed by atoms with E-state index in [-0.39, 0.29) is 0 Å². The second-order valence-electron chi connectivity index (χ2n) is 5.63. The molecule has 4 N–H and O–H groups in total. The lowest BCUT2D eigenvalue weighted by Crippen LogP contribution is -2.31. The molecule has 0 spiro atoms. The Hall–Kier alpha value is -1.18. The fourth-order valence-electron chi connectivity index (χ4n) is 2.77. The quantitative estimate of drug-likeness (QED) is 0.725. The van der Waals surface area contributed by atoms with Crippen LogP contribution in [0.25, 0.3) is 0 Å². The molecular formula is C15H23N2O3P. The molecule has 6 heteroatoms. The molecule has 0 aliphatic rings. The van der Waals surface area contributed by atoms with Gasteiger partial charge in [-0.05, 0) is 43.4 Å². The van der Waals surface area contributed by atoms with Gasteiger partial charge >= 0.3 is 7.60 Å². The van der Waals surface area contributed by atoms with Crippen molar-refractivity contribution >= 4 is 7.60 Å². The van der Waals surface area contributed by atoms with Gasteiger partial charge in [0.2, 0.25) is 0 Å². The minimum atomic E-state index is -4.31. The van der Waals surface area contributed by atoms with Gasteiger partial charge < -0.3 is 15.5 Å². The Morgan fingerprint density at radius 1 is 1.33 bits per heavy atom. The van der Waals surface area contributed by atoms with Crippen LogP contribution >= 0.6 is 7.60 Å². The summed E-state index contributed by atoms with van der Waals surface area (Å²) in [4.78, 5) is 19.6. The summed E-state index contributed by atoms with van der Waals surface area (Å²) in [5.74, 6) is 0. The van der Waals surface area contributed by atoms with Crippen LogP contribution in [-0.2, 0) is 15.3 Å². The Morgan fingerprint density at radius 2 is 1.86 bits per heavy atom. The molecule has 0 bridgehead atoms. The first-order valence-electron chi connectivity index (χ1n) is 6.93. The number of rotatable bonds is 5. The molecule has 116 valence electrons. The van der Waals surface area contributed by atoms with Crippen LogP contribution in [0, 0.1) is 18.3 Å². The Labute approximate surface area is 125 Å². The zero-order valence-electron chi connectivity index (χ0n) is 12.9. The SMILES string of the molecule is CCC(CC)(c1ccc(C(C)(N)C#N)cc1C)P(=O)(O)O. The highest BCUT2D eigenvalue weighted by Gasteiger charge is 2.46. The van der Waals surface area contributed by atoms with Gasteiger partial charge in [0.1, 0.15) is 5.54 Å². The maximum Gasteiger partial charge on any atom is 0.335 e. The molecule has 0 amide bonds. The first kappa shape index (κ1) is 17.9. The molecule has 0 saturated carbocycles. The Balaban J connectivity index is 3.53. The van der Waals surface area contributed by atoms with Crippen molar-refractivity contribution in [3.05, 3.63) is 34.9 Å². The summed E-state index contributed by atoms with van der Waals surface area (Å²) in [6, 6.07) is 7.15. The zero-order valence-corrected chi connectivity index (χ0v) is 13.8. The number of aryl methyl sites for hydroxylation is 1. The lowest BCUT2D eigenvalue weighted by molar-refractivity contribution is 0.315. The van der Waals surface area contributed by atoms with Crippen molar-refractivity contribution in [1.82, 2.24) is 0 Å². The van der Waals surface area contributed by atoms with Crippen molar-refractivity contribution in [2.45, 2.75) is 51.2 Å². The Morgan fingerprint density at radius 3 is 2.19 bits per heavy atom. The molecule has 0 radical (unpaired) electrons. The van der Waals surface area contributed by atoms with Crippen molar-refractivity contribution in [3.63, 3.8) is 0 Å². The van der Waals surface area contributed by atoms with Gasteiger partial charge in [0.05, 0.1) is 11.2 Å². The summed E-state index contributed by atoms with van der Waals surface area (Å²) >= 11 is 0. The summed E-state index contributed by atoms with van der Waals surface area (Å²) in [5, 5.41) is 7.90. The van der Waals surface area contributed by atoms with Crippen LogP contribution in [0.1, 0.15) is 50.3 Å². The molecule has 1 atom stereocenters. The lowest BCUT2D eigenvalue weighted by atomic mass is 9.85. The molecule has 1 unspecified atom stereocenters. The van der Waals surface area contributed by atoms with Crippen molar-refractivity contribution in [2.24, 2.45) is 5.73 Å². The standard InChI is InChI=1S/C15H23N2O3P/c1-5-15(6-2,21(18,19)20)13-8-7-12(9-11(13)3)14(4,17)10-16/h7-9H,5-6,17H2,1-4H3,(H2,18,19,20). The molecule has 1 rings (SSSR count). The molecule has 5 nitrogen and oxygen atoms in total.